The van der Waals surface area contributed by atoms with Crippen LogP contribution >= 0.6 is 0 Å². The second-order valence-corrected chi connectivity index (χ2v) is 12.3. The Kier molecular flexibility index (Phi) is 4.48. The van der Waals surface area contributed by atoms with Crippen molar-refractivity contribution < 1.29 is 14.9 Å². The van der Waals surface area contributed by atoms with E-state index in [4.69, 9.17) is 10.5 Å². The van der Waals surface area contributed by atoms with Crippen LogP contribution in [0.4, 0.5) is 5.95 Å². The number of anilines is 1. The number of ether oxygens (including phenoxy) is 1. The molecule has 190 valence electrons. The number of nitrogens with two attached hydrogens (primary N) is 1. The van der Waals surface area contributed by atoms with Crippen molar-refractivity contribution in [3.63, 3.8) is 0 Å². The minimum Gasteiger partial charge on any atom is -0.388 e. The van der Waals surface area contributed by atoms with Gasteiger partial charge in [-0.05, 0) is 87.5 Å². The molecule has 3 aliphatic carbocycles. The maximum Gasteiger partial charge on any atom is 0.198 e. The van der Waals surface area contributed by atoms with E-state index in [-0.39, 0.29) is 17.1 Å². The third-order valence-corrected chi connectivity index (χ3v) is 10.2. The molecule has 7 atom stereocenters. The normalized spacial score (nSPS) is 41.3. The SMILES string of the molecule is CC1=C2C=C3C(O)C(O)C(N(C)C)CC34CCC2(O4)C2CC=C(c3ccc4nc(N)[nH]c4c3)C2(C)C1. The highest BCUT2D eigenvalue weighted by molar-refractivity contribution is 5.84. The molecule has 2 fully saturated rings. The van der Waals surface area contributed by atoms with Crippen molar-refractivity contribution in [2.45, 2.75) is 75.4 Å². The van der Waals surface area contributed by atoms with Crippen molar-refractivity contribution in [2.24, 2.45) is 11.3 Å². The lowest BCUT2D eigenvalue weighted by Crippen LogP contribution is -2.62. The fourth-order valence-electron chi connectivity index (χ4n) is 8.65. The summed E-state index contributed by atoms with van der Waals surface area (Å²) in [4.78, 5) is 9.59. The molecular weight excluding hydrogens is 452 g/mol. The van der Waals surface area contributed by atoms with Gasteiger partial charge in [-0.2, -0.15) is 0 Å². The van der Waals surface area contributed by atoms with Crippen LogP contribution in [0, 0.1) is 11.3 Å². The first-order valence-electron chi connectivity index (χ1n) is 13.2. The number of nitrogens with one attached hydrogen (secondary N) is 1. The van der Waals surface area contributed by atoms with Crippen LogP contribution in [-0.2, 0) is 4.74 Å². The van der Waals surface area contributed by atoms with Gasteiger partial charge < -0.3 is 30.6 Å². The average Bonchev–Trinajstić information content (AvgIpc) is 3.46. The maximum absolute atomic E-state index is 11.2. The number of rotatable bonds is 2. The van der Waals surface area contributed by atoms with Crippen molar-refractivity contribution in [3.8, 4) is 0 Å². The number of hydrogen-bond acceptors (Lipinski definition) is 6. The van der Waals surface area contributed by atoms with Gasteiger partial charge in [-0.1, -0.05) is 30.7 Å². The van der Waals surface area contributed by atoms with E-state index in [1.54, 1.807) is 0 Å². The molecule has 5 aliphatic rings. The lowest BCUT2D eigenvalue weighted by Gasteiger charge is -2.56. The number of benzene rings is 1. The number of nitrogen functional groups attached to an aromatic ring is 1. The Hall–Kier alpha value is -2.45. The highest BCUT2D eigenvalue weighted by Crippen LogP contribution is 2.69. The molecule has 7 unspecified atom stereocenters. The van der Waals surface area contributed by atoms with Gasteiger partial charge in [0.2, 0.25) is 0 Å². The summed E-state index contributed by atoms with van der Waals surface area (Å²) in [5.41, 5.74) is 12.9. The summed E-state index contributed by atoms with van der Waals surface area (Å²) in [6.45, 7) is 4.64. The van der Waals surface area contributed by atoms with Crippen molar-refractivity contribution in [1.82, 2.24) is 14.9 Å². The highest BCUT2D eigenvalue weighted by atomic mass is 16.5. The molecule has 7 nitrogen and oxygen atoms in total. The number of aromatic nitrogens is 2. The standard InChI is InChI=1S/C29H36N4O3/c1-15-13-27(2)17(16-5-7-20-21(11-16)32-26(30)31-20)6-8-23(27)29-10-9-28(36-29)14-22(33(3)4)25(35)24(34)19(28)12-18(15)29/h5-7,11-12,22-25,34-35H,8-10,13-14H2,1-4H3,(H3,30,31,32). The van der Waals surface area contributed by atoms with Crippen molar-refractivity contribution >= 4 is 22.6 Å². The molecule has 36 heavy (non-hydrogen) atoms. The number of aromatic amines is 1. The van der Waals surface area contributed by atoms with E-state index in [9.17, 15) is 10.2 Å². The van der Waals surface area contributed by atoms with Crippen molar-refractivity contribution in [3.05, 3.63) is 52.6 Å². The van der Waals surface area contributed by atoms with E-state index in [0.29, 0.717) is 18.3 Å². The quantitative estimate of drug-likeness (QED) is 0.515. The largest absolute Gasteiger partial charge is 0.388 e. The predicted octanol–water partition coefficient (Wildman–Crippen LogP) is 3.56. The average molecular weight is 489 g/mol. The van der Waals surface area contributed by atoms with Gasteiger partial charge in [0.05, 0.1) is 28.3 Å². The van der Waals surface area contributed by atoms with E-state index in [1.807, 2.05) is 19.0 Å². The molecule has 0 radical (unpaired) electrons. The lowest BCUT2D eigenvalue weighted by molar-refractivity contribution is -0.162. The van der Waals surface area contributed by atoms with Gasteiger partial charge in [0.15, 0.2) is 5.95 Å². The lowest BCUT2D eigenvalue weighted by atomic mass is 9.56. The Balaban J connectivity index is 1.33. The molecular formula is C29H36N4O3. The molecule has 1 aromatic heterocycles. The monoisotopic (exact) mass is 488 g/mol. The molecule has 5 N–H and O–H groups in total. The fourth-order valence-corrected chi connectivity index (χ4v) is 8.65. The molecule has 0 amide bonds. The number of fused-ring (bicyclic) bond motifs is 2. The Morgan fingerprint density at radius 2 is 2.03 bits per heavy atom. The molecule has 2 bridgehead atoms. The second-order valence-electron chi connectivity index (χ2n) is 12.3. The zero-order valence-electron chi connectivity index (χ0n) is 21.5. The summed E-state index contributed by atoms with van der Waals surface area (Å²) in [5, 5.41) is 22.2. The van der Waals surface area contributed by atoms with Gasteiger partial charge >= 0.3 is 0 Å². The minimum atomic E-state index is -0.901. The number of likely N-dealkylation sites (N-methyl/N-ethyl adjacent to an activating group) is 1. The van der Waals surface area contributed by atoms with Gasteiger partial charge in [0.1, 0.15) is 6.10 Å². The number of aliphatic hydroxyl groups is 2. The Bertz CT molecular complexity index is 1390. The second kappa shape index (κ2) is 7.10. The fraction of sp³-hybridized carbons (Fsp3) is 0.552. The highest BCUT2D eigenvalue weighted by Gasteiger charge is 2.68. The first-order valence-corrected chi connectivity index (χ1v) is 13.2. The van der Waals surface area contributed by atoms with Crippen LogP contribution in [0.2, 0.25) is 0 Å². The van der Waals surface area contributed by atoms with Gasteiger partial charge in [0.25, 0.3) is 0 Å². The van der Waals surface area contributed by atoms with E-state index in [1.165, 1.54) is 22.3 Å². The molecule has 3 heterocycles. The minimum absolute atomic E-state index is 0.0581. The Morgan fingerprint density at radius 3 is 2.81 bits per heavy atom. The summed E-state index contributed by atoms with van der Waals surface area (Å²) in [7, 11) is 3.95. The number of hydrogen-bond donors (Lipinski definition) is 4. The Labute approximate surface area is 211 Å². The molecule has 7 rings (SSSR count). The van der Waals surface area contributed by atoms with Crippen LogP contribution in [0.1, 0.15) is 51.5 Å². The zero-order valence-corrected chi connectivity index (χ0v) is 21.5. The van der Waals surface area contributed by atoms with Crippen LogP contribution in [-0.4, -0.2) is 68.6 Å². The van der Waals surface area contributed by atoms with E-state index in [2.05, 4.69) is 54.2 Å². The molecule has 2 aromatic rings. The smallest absolute Gasteiger partial charge is 0.198 e. The first-order chi connectivity index (χ1) is 17.1. The third-order valence-electron chi connectivity index (χ3n) is 10.2. The molecule has 1 saturated heterocycles. The van der Waals surface area contributed by atoms with Crippen LogP contribution in [0.15, 0.2) is 47.1 Å². The number of nitrogens with zero attached hydrogens (tertiary/aromatic N) is 2. The Morgan fingerprint density at radius 1 is 1.22 bits per heavy atom. The van der Waals surface area contributed by atoms with Crippen molar-refractivity contribution in [2.75, 3.05) is 19.8 Å². The van der Waals surface area contributed by atoms with E-state index in [0.717, 1.165) is 42.3 Å². The van der Waals surface area contributed by atoms with Crippen LogP contribution in [0.25, 0.3) is 16.6 Å². The summed E-state index contributed by atoms with van der Waals surface area (Å²) >= 11 is 0. The topological polar surface area (TPSA) is 108 Å². The van der Waals surface area contributed by atoms with Crippen molar-refractivity contribution in [1.29, 1.82) is 0 Å². The van der Waals surface area contributed by atoms with Gasteiger partial charge in [0, 0.05) is 17.4 Å². The van der Waals surface area contributed by atoms with Gasteiger partial charge in [-0.3, -0.25) is 0 Å². The third kappa shape index (κ3) is 2.69. The van der Waals surface area contributed by atoms with Gasteiger partial charge in [-0.25, -0.2) is 4.98 Å². The number of H-pyrrole nitrogens is 1. The summed E-state index contributed by atoms with van der Waals surface area (Å²) < 4.78 is 7.30. The molecule has 7 heteroatoms. The number of aliphatic hydroxyl groups excluding tert-OH is 2. The molecule has 2 spiro atoms. The summed E-state index contributed by atoms with van der Waals surface area (Å²) in [6, 6.07) is 6.27. The van der Waals surface area contributed by atoms with Crippen LogP contribution in [0.5, 0.6) is 0 Å². The van der Waals surface area contributed by atoms with E-state index >= 15 is 0 Å². The van der Waals surface area contributed by atoms with Crippen LogP contribution < -0.4 is 5.73 Å². The summed E-state index contributed by atoms with van der Waals surface area (Å²) in [5.74, 6) is 0.761. The van der Waals surface area contributed by atoms with Gasteiger partial charge in [-0.15, -0.1) is 0 Å². The predicted molar refractivity (Wildman–Crippen MR) is 140 cm³/mol. The number of imidazole rings is 1. The molecule has 2 aliphatic heterocycles. The first kappa shape index (κ1) is 22.7. The molecule has 1 saturated carbocycles. The molecule has 1 aromatic carbocycles. The van der Waals surface area contributed by atoms with E-state index < -0.39 is 17.8 Å². The summed E-state index contributed by atoms with van der Waals surface area (Å²) in [6.07, 6.45) is 7.38. The maximum atomic E-state index is 11.2. The zero-order chi connectivity index (χ0) is 25.2. The number of allylic oxidation sites excluding steroid dienone is 3. The van der Waals surface area contributed by atoms with Crippen LogP contribution in [0.3, 0.4) is 0 Å².